The van der Waals surface area contributed by atoms with E-state index < -0.39 is 11.8 Å². The van der Waals surface area contributed by atoms with Crippen LogP contribution in [0.25, 0.3) is 0 Å². The number of nitrogens with zero attached hydrogens (tertiary/aromatic N) is 1. The maximum atomic E-state index is 11.8. The van der Waals surface area contributed by atoms with Crippen molar-refractivity contribution in [3.63, 3.8) is 0 Å². The zero-order valence-corrected chi connectivity index (χ0v) is 12.0. The molecule has 0 amide bonds. The average Bonchev–Trinajstić information content (AvgIpc) is 2.36. The fourth-order valence-electron chi connectivity index (χ4n) is 1.34. The number of halogens is 1. The van der Waals surface area contributed by atoms with Crippen LogP contribution >= 0.6 is 11.6 Å². The Bertz CT molecular complexity index is 277. The number of ether oxygens (including phenoxy) is 3. The number of esters is 1. The first kappa shape index (κ1) is 17.2. The van der Waals surface area contributed by atoms with Crippen molar-refractivity contribution in [3.05, 3.63) is 0 Å². The Morgan fingerprint density at radius 2 is 1.72 bits per heavy atom. The third-order valence-corrected chi connectivity index (χ3v) is 2.29. The maximum absolute atomic E-state index is 11.8. The minimum absolute atomic E-state index is 0.102. The van der Waals surface area contributed by atoms with Gasteiger partial charge in [0.15, 0.2) is 0 Å². The van der Waals surface area contributed by atoms with E-state index in [0.29, 0.717) is 13.2 Å². The van der Waals surface area contributed by atoms with Crippen molar-refractivity contribution in [1.29, 1.82) is 0 Å². The molecule has 0 aromatic heterocycles. The number of carbonyl (C=O) groups is 1. The number of hydrogen-bond acceptors (Lipinski definition) is 6. The van der Waals surface area contributed by atoms with Crippen LogP contribution in [-0.2, 0) is 23.8 Å². The van der Waals surface area contributed by atoms with Crippen LogP contribution in [0.5, 0.6) is 0 Å². The number of oxime groups is 1. The molecule has 0 radical (unpaired) electrons. The van der Waals surface area contributed by atoms with E-state index in [0.717, 1.165) is 0 Å². The number of carbonyl (C=O) groups excluding carboxylic acids is 1. The van der Waals surface area contributed by atoms with Gasteiger partial charge in [-0.05, 0) is 20.8 Å². The summed E-state index contributed by atoms with van der Waals surface area (Å²) in [4.78, 5) is 16.5. The summed E-state index contributed by atoms with van der Waals surface area (Å²) >= 11 is 5.86. The largest absolute Gasteiger partial charge is 0.461 e. The van der Waals surface area contributed by atoms with Gasteiger partial charge in [0.25, 0.3) is 0 Å². The molecule has 0 aromatic rings. The Labute approximate surface area is 112 Å². The average molecular weight is 282 g/mol. The van der Waals surface area contributed by atoms with Gasteiger partial charge in [0, 0.05) is 13.2 Å². The van der Waals surface area contributed by atoms with Crippen molar-refractivity contribution in [2.75, 3.05) is 32.8 Å². The maximum Gasteiger partial charge on any atom is 0.361 e. The van der Waals surface area contributed by atoms with Gasteiger partial charge in [-0.2, -0.15) is 0 Å². The summed E-state index contributed by atoms with van der Waals surface area (Å²) in [6.45, 7) is 6.01. The predicted octanol–water partition coefficient (Wildman–Crippen LogP) is 1.56. The van der Waals surface area contributed by atoms with E-state index in [9.17, 15) is 4.79 Å². The van der Waals surface area contributed by atoms with E-state index in [1.807, 2.05) is 0 Å². The minimum atomic E-state index is -1.45. The van der Waals surface area contributed by atoms with Crippen molar-refractivity contribution in [2.45, 2.75) is 26.6 Å². The molecule has 0 saturated heterocycles. The minimum Gasteiger partial charge on any atom is -0.461 e. The fraction of sp³-hybridized carbons (Fsp3) is 0.818. The van der Waals surface area contributed by atoms with Crippen molar-refractivity contribution in [2.24, 2.45) is 5.16 Å². The topological polar surface area (TPSA) is 66.4 Å². The SMILES string of the molecule is CCOC(=O)/C(=N\OC)C(CCl)(OCC)OCC. The van der Waals surface area contributed by atoms with Crippen LogP contribution < -0.4 is 0 Å². The third-order valence-electron chi connectivity index (χ3n) is 1.94. The van der Waals surface area contributed by atoms with Gasteiger partial charge in [0.05, 0.1) is 12.5 Å². The van der Waals surface area contributed by atoms with Gasteiger partial charge in [-0.3, -0.25) is 0 Å². The third kappa shape index (κ3) is 4.44. The highest BCUT2D eigenvalue weighted by molar-refractivity contribution is 6.40. The summed E-state index contributed by atoms with van der Waals surface area (Å²) < 4.78 is 15.8. The van der Waals surface area contributed by atoms with Crippen LogP contribution in [0.3, 0.4) is 0 Å². The van der Waals surface area contributed by atoms with Crippen LogP contribution in [0, 0.1) is 0 Å². The van der Waals surface area contributed by atoms with E-state index in [1.54, 1.807) is 20.8 Å². The molecule has 0 N–H and O–H groups in total. The van der Waals surface area contributed by atoms with Crippen molar-refractivity contribution in [3.8, 4) is 0 Å². The van der Waals surface area contributed by atoms with Crippen LogP contribution in [0.2, 0.25) is 0 Å². The molecule has 106 valence electrons. The summed E-state index contributed by atoms with van der Waals surface area (Å²) in [6, 6.07) is 0. The molecule has 7 heteroatoms. The number of hydrogen-bond donors (Lipinski definition) is 0. The molecule has 0 bridgehead atoms. The zero-order chi connectivity index (χ0) is 14.0. The zero-order valence-electron chi connectivity index (χ0n) is 11.2. The van der Waals surface area contributed by atoms with Crippen molar-refractivity contribution in [1.82, 2.24) is 0 Å². The Balaban J connectivity index is 5.32. The first-order chi connectivity index (χ1) is 8.61. The molecule has 0 spiro atoms. The Kier molecular flexibility index (Phi) is 8.70. The molecule has 6 nitrogen and oxygen atoms in total. The highest BCUT2D eigenvalue weighted by atomic mass is 35.5. The molecule has 0 unspecified atom stereocenters. The first-order valence-corrected chi connectivity index (χ1v) is 6.27. The van der Waals surface area contributed by atoms with Gasteiger partial charge < -0.3 is 19.0 Å². The van der Waals surface area contributed by atoms with E-state index in [2.05, 4.69) is 9.99 Å². The van der Waals surface area contributed by atoms with Gasteiger partial charge in [0.1, 0.15) is 7.11 Å². The van der Waals surface area contributed by atoms with E-state index in [4.69, 9.17) is 25.8 Å². The van der Waals surface area contributed by atoms with Crippen molar-refractivity contribution >= 4 is 23.3 Å². The lowest BCUT2D eigenvalue weighted by molar-refractivity contribution is -0.175. The molecule has 0 aliphatic heterocycles. The molecule has 0 saturated carbocycles. The molecule has 0 aliphatic rings. The van der Waals surface area contributed by atoms with Crippen LogP contribution in [0.4, 0.5) is 0 Å². The lowest BCUT2D eigenvalue weighted by atomic mass is 10.2. The second-order valence-corrected chi connectivity index (χ2v) is 3.36. The quantitative estimate of drug-likeness (QED) is 0.211. The summed E-state index contributed by atoms with van der Waals surface area (Å²) in [5.41, 5.74) is -0.134. The van der Waals surface area contributed by atoms with Crippen LogP contribution in [-0.4, -0.2) is 50.3 Å². The normalized spacial score (nSPS) is 12.4. The molecule has 18 heavy (non-hydrogen) atoms. The number of rotatable bonds is 9. The fourth-order valence-corrected chi connectivity index (χ4v) is 1.62. The summed E-state index contributed by atoms with van der Waals surface area (Å²) in [7, 11) is 1.32. The molecule has 0 heterocycles. The van der Waals surface area contributed by atoms with Gasteiger partial charge in [-0.1, -0.05) is 5.16 Å². The van der Waals surface area contributed by atoms with Gasteiger partial charge in [0.2, 0.25) is 11.5 Å². The Morgan fingerprint density at radius 1 is 1.17 bits per heavy atom. The molecular weight excluding hydrogens is 262 g/mol. The molecule has 0 aromatic carbocycles. The first-order valence-electron chi connectivity index (χ1n) is 5.74. The van der Waals surface area contributed by atoms with Gasteiger partial charge in [-0.25, -0.2) is 4.79 Å². The molecule has 0 aliphatic carbocycles. The smallest absolute Gasteiger partial charge is 0.361 e. The molecule has 0 atom stereocenters. The Hall–Kier alpha value is -0.850. The van der Waals surface area contributed by atoms with E-state index in [-0.39, 0.29) is 18.2 Å². The van der Waals surface area contributed by atoms with Gasteiger partial charge in [-0.15, -0.1) is 11.6 Å². The van der Waals surface area contributed by atoms with Crippen molar-refractivity contribution < 1.29 is 23.8 Å². The molecular formula is C11H20ClNO5. The highest BCUT2D eigenvalue weighted by Crippen LogP contribution is 2.20. The highest BCUT2D eigenvalue weighted by Gasteiger charge is 2.43. The second kappa shape index (κ2) is 9.13. The Morgan fingerprint density at radius 3 is 2.06 bits per heavy atom. The van der Waals surface area contributed by atoms with Gasteiger partial charge >= 0.3 is 5.97 Å². The summed E-state index contributed by atoms with van der Waals surface area (Å²) in [5, 5.41) is 3.63. The van der Waals surface area contributed by atoms with Crippen LogP contribution in [0.1, 0.15) is 20.8 Å². The number of alkyl halides is 1. The lowest BCUT2D eigenvalue weighted by Crippen LogP contribution is -2.50. The van der Waals surface area contributed by atoms with E-state index in [1.165, 1.54) is 7.11 Å². The lowest BCUT2D eigenvalue weighted by Gasteiger charge is -2.30. The monoisotopic (exact) mass is 281 g/mol. The standard InChI is InChI=1S/C11H20ClNO5/c1-5-16-10(14)9(13-15-4)11(8-12,17-6-2)18-7-3/h5-8H2,1-4H3/b13-9+. The summed E-state index contributed by atoms with van der Waals surface area (Å²) in [5.74, 6) is -2.23. The van der Waals surface area contributed by atoms with Crippen LogP contribution in [0.15, 0.2) is 5.16 Å². The molecule has 0 fully saturated rings. The van der Waals surface area contributed by atoms with E-state index >= 15 is 0 Å². The summed E-state index contributed by atoms with van der Waals surface area (Å²) in [6.07, 6.45) is 0. The molecule has 0 rings (SSSR count). The predicted molar refractivity (Wildman–Crippen MR) is 67.8 cm³/mol. The second-order valence-electron chi connectivity index (χ2n) is 3.10.